The lowest BCUT2D eigenvalue weighted by atomic mass is 10.0. The lowest BCUT2D eigenvalue weighted by molar-refractivity contribution is -0.910. The predicted molar refractivity (Wildman–Crippen MR) is 147 cm³/mol. The minimum atomic E-state index is 0.124. The molecule has 0 bridgehead atoms. The highest BCUT2D eigenvalue weighted by Crippen LogP contribution is 2.13. The van der Waals surface area contributed by atoms with E-state index in [2.05, 4.69) is 6.92 Å². The Morgan fingerprint density at radius 2 is 0.771 bits per heavy atom. The maximum atomic E-state index is 9.15. The zero-order chi connectivity index (χ0) is 25.7. The second-order valence-electron chi connectivity index (χ2n) is 10.4. The SMILES string of the molecule is CCCCCCCCCCCCCCCCCCOCCOCCOCC[N+](C)(CCO)CCO. The summed E-state index contributed by atoms with van der Waals surface area (Å²) in [7, 11) is 2.03. The molecule has 0 radical (unpaired) electrons. The summed E-state index contributed by atoms with van der Waals surface area (Å²) < 4.78 is 17.5. The largest absolute Gasteiger partial charge is 0.391 e. The minimum absolute atomic E-state index is 0.124. The van der Waals surface area contributed by atoms with Crippen molar-refractivity contribution in [2.75, 3.05) is 79.5 Å². The third-order valence-corrected chi connectivity index (χ3v) is 6.94. The Bertz CT molecular complexity index is 391. The van der Waals surface area contributed by atoms with Gasteiger partial charge in [-0.25, -0.2) is 0 Å². The Hall–Kier alpha value is -0.240. The van der Waals surface area contributed by atoms with E-state index in [9.17, 15) is 0 Å². The van der Waals surface area contributed by atoms with Gasteiger partial charge in [0, 0.05) is 6.61 Å². The van der Waals surface area contributed by atoms with Gasteiger partial charge in [-0.2, -0.15) is 0 Å². The molecule has 0 aliphatic carbocycles. The predicted octanol–water partition coefficient (Wildman–Crippen LogP) is 5.73. The van der Waals surface area contributed by atoms with Crippen LogP contribution < -0.4 is 0 Å². The summed E-state index contributed by atoms with van der Waals surface area (Å²) in [5, 5.41) is 18.3. The van der Waals surface area contributed by atoms with E-state index < -0.39 is 0 Å². The monoisotopic (exact) mass is 504 g/mol. The normalized spacial score (nSPS) is 12.0. The third-order valence-electron chi connectivity index (χ3n) is 6.94. The van der Waals surface area contributed by atoms with Crippen molar-refractivity contribution in [2.45, 2.75) is 110 Å². The van der Waals surface area contributed by atoms with Crippen molar-refractivity contribution >= 4 is 0 Å². The van der Waals surface area contributed by atoms with Crippen molar-refractivity contribution in [1.29, 1.82) is 0 Å². The lowest BCUT2D eigenvalue weighted by Crippen LogP contribution is -2.50. The summed E-state index contributed by atoms with van der Waals surface area (Å²) in [6.07, 6.45) is 22.3. The molecule has 0 amide bonds. The first-order valence-electron chi connectivity index (χ1n) is 15.0. The molecule has 0 aromatic rings. The van der Waals surface area contributed by atoms with E-state index in [0.29, 0.717) is 50.6 Å². The molecule has 2 N–H and O–H groups in total. The van der Waals surface area contributed by atoms with Crippen LogP contribution in [0.25, 0.3) is 0 Å². The molecule has 0 aromatic carbocycles. The number of nitrogens with zero attached hydrogens (tertiary/aromatic N) is 1. The number of ether oxygens (including phenoxy) is 3. The molecule has 0 heterocycles. The minimum Gasteiger partial charge on any atom is -0.391 e. The van der Waals surface area contributed by atoms with Gasteiger partial charge in [-0.15, -0.1) is 0 Å². The van der Waals surface area contributed by atoms with Crippen LogP contribution in [0.1, 0.15) is 110 Å². The van der Waals surface area contributed by atoms with Gasteiger partial charge in [0.2, 0.25) is 0 Å². The van der Waals surface area contributed by atoms with E-state index in [4.69, 9.17) is 24.4 Å². The van der Waals surface area contributed by atoms with E-state index in [1.807, 2.05) is 7.05 Å². The van der Waals surface area contributed by atoms with E-state index >= 15 is 0 Å². The summed E-state index contributed by atoms with van der Waals surface area (Å²) in [6.45, 7) is 8.44. The molecule has 0 saturated heterocycles. The number of aliphatic hydroxyl groups excluding tert-OH is 2. The number of hydrogen-bond acceptors (Lipinski definition) is 5. The van der Waals surface area contributed by atoms with Crippen molar-refractivity contribution in [1.82, 2.24) is 0 Å². The van der Waals surface area contributed by atoms with Crippen LogP contribution in [-0.2, 0) is 14.2 Å². The number of quaternary nitrogens is 1. The molecule has 0 atom stereocenters. The molecular formula is C29H62NO5+. The molecule has 6 heteroatoms. The van der Waals surface area contributed by atoms with Crippen LogP contribution in [0.3, 0.4) is 0 Å². The molecule has 0 spiro atoms. The molecule has 0 aliphatic rings. The van der Waals surface area contributed by atoms with Crippen molar-refractivity contribution < 1.29 is 28.9 Å². The first-order chi connectivity index (χ1) is 17.2. The molecule has 0 unspecified atom stereocenters. The summed E-state index contributed by atoms with van der Waals surface area (Å²) in [4.78, 5) is 0. The number of likely N-dealkylation sites (N-methyl/N-ethyl adjacent to an activating group) is 1. The maximum absolute atomic E-state index is 9.15. The highest BCUT2D eigenvalue weighted by atomic mass is 16.5. The first-order valence-corrected chi connectivity index (χ1v) is 15.0. The van der Waals surface area contributed by atoms with Crippen LogP contribution >= 0.6 is 0 Å². The number of hydrogen-bond donors (Lipinski definition) is 2. The number of aliphatic hydroxyl groups is 2. The second kappa shape index (κ2) is 28.3. The van der Waals surface area contributed by atoms with Crippen LogP contribution in [0.5, 0.6) is 0 Å². The van der Waals surface area contributed by atoms with Crippen molar-refractivity contribution in [3.05, 3.63) is 0 Å². The van der Waals surface area contributed by atoms with E-state index in [0.717, 1.165) is 19.6 Å². The topological polar surface area (TPSA) is 68.2 Å². The van der Waals surface area contributed by atoms with Gasteiger partial charge in [0.15, 0.2) is 0 Å². The Morgan fingerprint density at radius 1 is 0.429 bits per heavy atom. The van der Waals surface area contributed by atoms with Crippen molar-refractivity contribution in [2.24, 2.45) is 0 Å². The summed E-state index contributed by atoms with van der Waals surface area (Å²) in [5.41, 5.74) is 0. The number of unbranched alkanes of at least 4 members (excludes halogenated alkanes) is 15. The molecule has 6 nitrogen and oxygen atoms in total. The van der Waals surface area contributed by atoms with Gasteiger partial charge in [0.05, 0.1) is 53.3 Å². The molecule has 35 heavy (non-hydrogen) atoms. The van der Waals surface area contributed by atoms with Crippen LogP contribution in [0.15, 0.2) is 0 Å². The maximum Gasteiger partial charge on any atom is 0.102 e. The van der Waals surface area contributed by atoms with Gasteiger partial charge in [-0.3, -0.25) is 0 Å². The molecule has 0 fully saturated rings. The van der Waals surface area contributed by atoms with Gasteiger partial charge in [0.25, 0.3) is 0 Å². The zero-order valence-corrected chi connectivity index (χ0v) is 23.7. The molecule has 0 rings (SSSR count). The lowest BCUT2D eigenvalue weighted by Gasteiger charge is -2.33. The van der Waals surface area contributed by atoms with E-state index in [-0.39, 0.29) is 13.2 Å². The van der Waals surface area contributed by atoms with Gasteiger partial charge < -0.3 is 28.9 Å². The molecule has 212 valence electrons. The fourth-order valence-electron chi connectivity index (χ4n) is 4.40. The highest BCUT2D eigenvalue weighted by Gasteiger charge is 2.19. The standard InChI is InChI=1S/C29H62NO5/c1-3-4-5-6-7-8-9-10-11-12-13-14-15-16-17-18-24-33-26-28-35-29-27-34-25-21-30(2,19-22-31)20-23-32/h31-32H,3-29H2,1-2H3/q+1. The Kier molecular flexibility index (Phi) is 28.1. The summed E-state index contributed by atoms with van der Waals surface area (Å²) in [5.74, 6) is 0. The fraction of sp³-hybridized carbons (Fsp3) is 1.00. The first kappa shape index (κ1) is 34.8. The quantitative estimate of drug-likeness (QED) is 0.0966. The molecule has 0 saturated carbocycles. The zero-order valence-electron chi connectivity index (χ0n) is 23.7. The third kappa shape index (κ3) is 26.6. The Balaban J connectivity index is 3.17. The van der Waals surface area contributed by atoms with Gasteiger partial charge in [-0.1, -0.05) is 103 Å². The second-order valence-corrected chi connectivity index (χ2v) is 10.4. The summed E-state index contributed by atoms with van der Waals surface area (Å²) in [6, 6.07) is 0. The molecular weight excluding hydrogens is 442 g/mol. The van der Waals surface area contributed by atoms with Crippen LogP contribution in [-0.4, -0.2) is 94.2 Å². The van der Waals surface area contributed by atoms with Crippen molar-refractivity contribution in [3.8, 4) is 0 Å². The van der Waals surface area contributed by atoms with Gasteiger partial charge >= 0.3 is 0 Å². The van der Waals surface area contributed by atoms with Gasteiger partial charge in [0.1, 0.15) is 19.6 Å². The van der Waals surface area contributed by atoms with Crippen molar-refractivity contribution in [3.63, 3.8) is 0 Å². The molecule has 0 aromatic heterocycles. The average Bonchev–Trinajstić information content (AvgIpc) is 2.84. The smallest absolute Gasteiger partial charge is 0.102 e. The van der Waals surface area contributed by atoms with Crippen LogP contribution in [0.4, 0.5) is 0 Å². The van der Waals surface area contributed by atoms with E-state index in [1.165, 1.54) is 96.3 Å². The van der Waals surface area contributed by atoms with E-state index in [1.54, 1.807) is 0 Å². The Morgan fingerprint density at radius 3 is 1.17 bits per heavy atom. The van der Waals surface area contributed by atoms with Crippen LogP contribution in [0.2, 0.25) is 0 Å². The van der Waals surface area contributed by atoms with Gasteiger partial charge in [-0.05, 0) is 6.42 Å². The fourth-order valence-corrected chi connectivity index (χ4v) is 4.40. The highest BCUT2D eigenvalue weighted by molar-refractivity contribution is 4.50. The van der Waals surface area contributed by atoms with Crippen LogP contribution in [0, 0.1) is 0 Å². The summed E-state index contributed by atoms with van der Waals surface area (Å²) >= 11 is 0. The average molecular weight is 505 g/mol. The Labute approximate surface area is 218 Å². The molecule has 0 aliphatic heterocycles. The number of rotatable bonds is 30.